The molecule has 2 rings (SSSR count). The van der Waals surface area contributed by atoms with Crippen LogP contribution in [0.25, 0.3) is 0 Å². The van der Waals surface area contributed by atoms with E-state index in [-0.39, 0.29) is 11.8 Å². The van der Waals surface area contributed by atoms with E-state index in [2.05, 4.69) is 0 Å². The highest BCUT2D eigenvalue weighted by molar-refractivity contribution is 7.95. The number of sulfone groups is 1. The van der Waals surface area contributed by atoms with Gasteiger partial charge < -0.3 is 5.11 Å². The molecule has 0 bridgehead atoms. The third kappa shape index (κ3) is 2.90. The van der Waals surface area contributed by atoms with Crippen molar-refractivity contribution in [3.63, 3.8) is 0 Å². The van der Waals surface area contributed by atoms with Crippen molar-refractivity contribution in [1.82, 2.24) is 0 Å². The van der Waals surface area contributed by atoms with Crippen LogP contribution in [0, 0.1) is 11.8 Å². The minimum absolute atomic E-state index is 0.00592. The first-order valence-corrected chi connectivity index (χ1v) is 8.11. The van der Waals surface area contributed by atoms with Crippen molar-refractivity contribution in [2.75, 3.05) is 0 Å². The molecular weight excluding hydrogens is 260 g/mol. The van der Waals surface area contributed by atoms with Gasteiger partial charge in [0.25, 0.3) is 0 Å². The summed E-state index contributed by atoms with van der Waals surface area (Å²) in [4.78, 5) is 0.688. The first kappa shape index (κ1) is 14.3. The van der Waals surface area contributed by atoms with E-state index in [1.807, 2.05) is 13.8 Å². The van der Waals surface area contributed by atoms with Gasteiger partial charge in [-0.2, -0.15) is 0 Å². The lowest BCUT2D eigenvalue weighted by Gasteiger charge is -2.29. The van der Waals surface area contributed by atoms with E-state index in [1.165, 1.54) is 6.08 Å². The average Bonchev–Trinajstić information content (AvgIpc) is 2.39. The Morgan fingerprint density at radius 1 is 1.16 bits per heavy atom. The van der Waals surface area contributed by atoms with Gasteiger partial charge in [0.2, 0.25) is 9.84 Å². The molecule has 0 radical (unpaired) electrons. The Morgan fingerprint density at radius 2 is 1.79 bits per heavy atom. The molecule has 1 aliphatic rings. The normalized spacial score (nSPS) is 24.3. The summed E-state index contributed by atoms with van der Waals surface area (Å²) in [6, 6.07) is 8.44. The molecule has 0 heterocycles. The highest BCUT2D eigenvalue weighted by Gasteiger charge is 2.33. The van der Waals surface area contributed by atoms with Gasteiger partial charge in [-0.25, -0.2) is 8.42 Å². The number of aliphatic hydroxyl groups excluding tert-OH is 1. The Hall–Kier alpha value is -1.13. The second-order valence-electron chi connectivity index (χ2n) is 5.38. The summed E-state index contributed by atoms with van der Waals surface area (Å²) in [5.74, 6) is 0.242. The van der Waals surface area contributed by atoms with E-state index < -0.39 is 15.9 Å². The maximum absolute atomic E-state index is 12.7. The minimum atomic E-state index is -3.49. The van der Waals surface area contributed by atoms with Crippen molar-refractivity contribution in [1.29, 1.82) is 0 Å². The van der Waals surface area contributed by atoms with Crippen LogP contribution in [-0.4, -0.2) is 19.6 Å². The quantitative estimate of drug-likeness (QED) is 0.926. The Morgan fingerprint density at radius 3 is 2.37 bits per heavy atom. The fourth-order valence-corrected chi connectivity index (χ4v) is 4.49. The molecule has 1 aromatic rings. The minimum Gasteiger partial charge on any atom is -0.389 e. The highest BCUT2D eigenvalue weighted by Crippen LogP contribution is 2.37. The molecule has 4 heteroatoms. The zero-order chi connectivity index (χ0) is 14.0. The molecule has 0 saturated carbocycles. The number of hydrogen-bond donors (Lipinski definition) is 1. The predicted octanol–water partition coefficient (Wildman–Crippen LogP) is 2.77. The smallest absolute Gasteiger partial charge is 0.202 e. The van der Waals surface area contributed by atoms with Crippen LogP contribution >= 0.6 is 0 Å². The van der Waals surface area contributed by atoms with Crippen molar-refractivity contribution < 1.29 is 13.5 Å². The summed E-state index contributed by atoms with van der Waals surface area (Å²) >= 11 is 0. The predicted molar refractivity (Wildman–Crippen MR) is 75.3 cm³/mol. The fourth-order valence-electron chi connectivity index (χ4n) is 2.58. The monoisotopic (exact) mass is 280 g/mol. The van der Waals surface area contributed by atoms with Crippen molar-refractivity contribution in [2.24, 2.45) is 11.8 Å². The maximum Gasteiger partial charge on any atom is 0.202 e. The third-order valence-electron chi connectivity index (χ3n) is 3.66. The summed E-state index contributed by atoms with van der Waals surface area (Å²) in [6.45, 7) is 4.05. The van der Waals surface area contributed by atoms with Gasteiger partial charge in [-0.05, 0) is 42.9 Å². The maximum atomic E-state index is 12.7. The van der Waals surface area contributed by atoms with Crippen LogP contribution in [0.1, 0.15) is 26.7 Å². The second-order valence-corrected chi connectivity index (χ2v) is 7.33. The molecule has 0 fully saturated rings. The standard InChI is InChI=1S/C15H20O3S/c1-11(2)14-9-8-12(16)10-15(14)19(17,18)13-6-4-3-5-7-13/h3-7,10-12,14,16H,8-9H2,1-2H3/t12-,14+/m0/s1. The SMILES string of the molecule is CC(C)[C@H]1CC[C@H](O)C=C1S(=O)(=O)c1ccccc1. The zero-order valence-electron chi connectivity index (χ0n) is 11.3. The largest absolute Gasteiger partial charge is 0.389 e. The number of allylic oxidation sites excluding steroid dienone is 1. The Labute approximate surface area is 114 Å². The van der Waals surface area contributed by atoms with Crippen LogP contribution < -0.4 is 0 Å². The van der Waals surface area contributed by atoms with Gasteiger partial charge in [-0.1, -0.05) is 32.0 Å². The van der Waals surface area contributed by atoms with Gasteiger partial charge in [-0.3, -0.25) is 0 Å². The Bertz CT molecular complexity index is 558. The Balaban J connectivity index is 2.48. The highest BCUT2D eigenvalue weighted by atomic mass is 32.2. The lowest BCUT2D eigenvalue weighted by atomic mass is 9.85. The fraction of sp³-hybridized carbons (Fsp3) is 0.467. The summed E-state index contributed by atoms with van der Waals surface area (Å²) in [5, 5.41) is 9.75. The summed E-state index contributed by atoms with van der Waals surface area (Å²) < 4.78 is 25.3. The summed E-state index contributed by atoms with van der Waals surface area (Å²) in [5.41, 5.74) is 0. The number of rotatable bonds is 3. The lowest BCUT2D eigenvalue weighted by Crippen LogP contribution is -2.26. The topological polar surface area (TPSA) is 54.4 Å². The van der Waals surface area contributed by atoms with Gasteiger partial charge >= 0.3 is 0 Å². The van der Waals surface area contributed by atoms with E-state index >= 15 is 0 Å². The molecule has 104 valence electrons. The van der Waals surface area contributed by atoms with E-state index in [4.69, 9.17) is 0 Å². The van der Waals surface area contributed by atoms with Crippen molar-refractivity contribution in [2.45, 2.75) is 37.7 Å². The molecule has 0 saturated heterocycles. The van der Waals surface area contributed by atoms with Crippen LogP contribution in [0.5, 0.6) is 0 Å². The van der Waals surface area contributed by atoms with Crippen molar-refractivity contribution >= 4 is 9.84 Å². The van der Waals surface area contributed by atoms with Gasteiger partial charge in [0.1, 0.15) is 0 Å². The van der Waals surface area contributed by atoms with Crippen molar-refractivity contribution in [3.05, 3.63) is 41.3 Å². The molecular formula is C15H20O3S. The Kier molecular flexibility index (Phi) is 4.11. The van der Waals surface area contributed by atoms with Gasteiger partial charge in [0.05, 0.1) is 15.9 Å². The van der Waals surface area contributed by atoms with Crippen LogP contribution in [0.2, 0.25) is 0 Å². The second kappa shape index (κ2) is 5.47. The van der Waals surface area contributed by atoms with Crippen LogP contribution in [0.15, 0.2) is 46.2 Å². The van der Waals surface area contributed by atoms with Gasteiger partial charge in [0.15, 0.2) is 0 Å². The molecule has 3 nitrogen and oxygen atoms in total. The average molecular weight is 280 g/mol. The van der Waals surface area contributed by atoms with Crippen LogP contribution in [0.3, 0.4) is 0 Å². The van der Waals surface area contributed by atoms with E-state index in [0.717, 1.165) is 6.42 Å². The lowest BCUT2D eigenvalue weighted by molar-refractivity contribution is 0.186. The molecule has 0 unspecified atom stereocenters. The first-order valence-electron chi connectivity index (χ1n) is 6.63. The number of benzene rings is 1. The molecule has 0 spiro atoms. The molecule has 0 aliphatic heterocycles. The molecule has 2 atom stereocenters. The molecule has 0 aromatic heterocycles. The third-order valence-corrected chi connectivity index (χ3v) is 5.62. The van der Waals surface area contributed by atoms with E-state index in [9.17, 15) is 13.5 Å². The molecule has 1 aliphatic carbocycles. The summed E-state index contributed by atoms with van der Waals surface area (Å²) in [6.07, 6.45) is 2.23. The van der Waals surface area contributed by atoms with Crippen LogP contribution in [0.4, 0.5) is 0 Å². The summed E-state index contributed by atoms with van der Waals surface area (Å²) in [7, 11) is -3.49. The van der Waals surface area contributed by atoms with Gasteiger partial charge in [0, 0.05) is 0 Å². The van der Waals surface area contributed by atoms with E-state index in [0.29, 0.717) is 16.2 Å². The number of hydrogen-bond acceptors (Lipinski definition) is 3. The van der Waals surface area contributed by atoms with Crippen LogP contribution in [-0.2, 0) is 9.84 Å². The van der Waals surface area contributed by atoms with Gasteiger partial charge in [-0.15, -0.1) is 0 Å². The molecule has 1 aromatic carbocycles. The van der Waals surface area contributed by atoms with E-state index in [1.54, 1.807) is 30.3 Å². The number of aliphatic hydroxyl groups is 1. The first-order chi connectivity index (χ1) is 8.93. The zero-order valence-corrected chi connectivity index (χ0v) is 12.1. The molecule has 19 heavy (non-hydrogen) atoms. The molecule has 1 N–H and O–H groups in total. The molecule has 0 amide bonds. The van der Waals surface area contributed by atoms with Crippen molar-refractivity contribution in [3.8, 4) is 0 Å².